The number of anilines is 2. The van der Waals surface area contributed by atoms with E-state index in [1.54, 1.807) is 5.01 Å². The van der Waals surface area contributed by atoms with Crippen molar-refractivity contribution in [2.45, 2.75) is 18.5 Å². The Balaban J connectivity index is 1.71. The molecule has 0 aromatic heterocycles. The van der Waals surface area contributed by atoms with Gasteiger partial charge in [0.25, 0.3) is 0 Å². The number of nitrogens with zero attached hydrogens (tertiary/aromatic N) is 1. The molecule has 6 heteroatoms. The number of rotatable bonds is 3. The Bertz CT molecular complexity index is 808. The number of hydrogen-bond acceptors (Lipinski definition) is 5. The molecular weight excluding hydrogens is 332 g/mol. The molecular formula is C19H20N4OS. The van der Waals surface area contributed by atoms with Crippen molar-refractivity contribution >= 4 is 29.9 Å². The van der Waals surface area contributed by atoms with Crippen LogP contribution in [-0.4, -0.2) is 16.7 Å². The smallest absolute Gasteiger partial charge is 0.246 e. The van der Waals surface area contributed by atoms with E-state index >= 15 is 0 Å². The predicted molar refractivity (Wildman–Crippen MR) is 103 cm³/mol. The first-order valence-corrected chi connectivity index (χ1v) is 8.96. The Morgan fingerprint density at radius 1 is 1.08 bits per heavy atom. The van der Waals surface area contributed by atoms with Gasteiger partial charge in [-0.1, -0.05) is 42.5 Å². The molecule has 0 bridgehead atoms. The fraction of sp³-hybridized carbons (Fsp3) is 0.211. The van der Waals surface area contributed by atoms with E-state index in [4.69, 9.17) is 0 Å². The van der Waals surface area contributed by atoms with Crippen LogP contribution in [0.5, 0.6) is 0 Å². The minimum atomic E-state index is -0.0550. The van der Waals surface area contributed by atoms with E-state index < -0.39 is 0 Å². The third-order valence-corrected chi connectivity index (χ3v) is 4.95. The summed E-state index contributed by atoms with van der Waals surface area (Å²) in [5.41, 5.74) is 7.68. The lowest BCUT2D eigenvalue weighted by atomic mass is 9.95. The molecule has 128 valence electrons. The zero-order chi connectivity index (χ0) is 17.2. The predicted octanol–water partition coefficient (Wildman–Crippen LogP) is 3.44. The fourth-order valence-electron chi connectivity index (χ4n) is 3.51. The first kappa shape index (κ1) is 16.1. The third-order valence-electron chi connectivity index (χ3n) is 4.68. The molecule has 1 amide bonds. The molecule has 2 heterocycles. The highest BCUT2D eigenvalue weighted by atomic mass is 32.1. The van der Waals surface area contributed by atoms with Crippen LogP contribution in [0, 0.1) is 0 Å². The summed E-state index contributed by atoms with van der Waals surface area (Å²) in [7, 11) is 0. The van der Waals surface area contributed by atoms with Crippen LogP contribution in [0.4, 0.5) is 11.4 Å². The van der Waals surface area contributed by atoms with Gasteiger partial charge in [-0.25, -0.2) is 5.43 Å². The number of hydrogen-bond donors (Lipinski definition) is 4. The Labute approximate surface area is 152 Å². The first-order chi connectivity index (χ1) is 12.3. The number of amides is 1. The van der Waals surface area contributed by atoms with Crippen molar-refractivity contribution in [3.8, 4) is 0 Å². The van der Waals surface area contributed by atoms with E-state index in [0.717, 1.165) is 23.4 Å². The molecule has 1 saturated heterocycles. The number of carbonyl (C=O) groups excluding carboxylic acids is 1. The van der Waals surface area contributed by atoms with Gasteiger partial charge < -0.3 is 10.6 Å². The average molecular weight is 352 g/mol. The molecule has 4 rings (SSSR count). The van der Waals surface area contributed by atoms with Gasteiger partial charge >= 0.3 is 0 Å². The maximum atomic E-state index is 12.5. The van der Waals surface area contributed by atoms with Crippen molar-refractivity contribution < 1.29 is 4.79 Å². The highest BCUT2D eigenvalue weighted by Gasteiger charge is 2.37. The van der Waals surface area contributed by atoms with Crippen molar-refractivity contribution in [1.29, 1.82) is 0 Å². The van der Waals surface area contributed by atoms with Gasteiger partial charge in [0, 0.05) is 18.0 Å². The Morgan fingerprint density at radius 2 is 1.88 bits per heavy atom. The molecule has 0 saturated carbocycles. The quantitative estimate of drug-likeness (QED) is 0.639. The summed E-state index contributed by atoms with van der Waals surface area (Å²) in [6, 6.07) is 16.4. The summed E-state index contributed by atoms with van der Waals surface area (Å²) in [6.45, 7) is 0. The molecule has 2 aromatic rings. The number of hydrazine groups is 1. The molecule has 2 atom stereocenters. The summed E-state index contributed by atoms with van der Waals surface area (Å²) in [5, 5.41) is 8.29. The Hall–Kier alpha value is -2.44. The van der Waals surface area contributed by atoms with E-state index in [0.29, 0.717) is 0 Å². The lowest BCUT2D eigenvalue weighted by molar-refractivity contribution is -0.132. The normalized spacial score (nSPS) is 21.4. The highest BCUT2D eigenvalue weighted by Crippen LogP contribution is 2.42. The van der Waals surface area contributed by atoms with Crippen LogP contribution in [0.2, 0.25) is 0 Å². The summed E-state index contributed by atoms with van der Waals surface area (Å²) >= 11 is 4.19. The van der Waals surface area contributed by atoms with E-state index in [1.165, 1.54) is 5.56 Å². The van der Waals surface area contributed by atoms with Crippen LogP contribution < -0.4 is 16.1 Å². The monoisotopic (exact) mass is 352 g/mol. The van der Waals surface area contributed by atoms with Gasteiger partial charge in [-0.05, 0) is 18.1 Å². The van der Waals surface area contributed by atoms with E-state index in [2.05, 4.69) is 46.9 Å². The number of nitrogens with one attached hydrogen (secondary N) is 3. The second-order valence-electron chi connectivity index (χ2n) is 6.16. The average Bonchev–Trinajstić information content (AvgIpc) is 3.13. The molecule has 1 fully saturated rings. The molecule has 2 aliphatic rings. The topological polar surface area (TPSA) is 56.4 Å². The molecule has 3 N–H and O–H groups in total. The van der Waals surface area contributed by atoms with Crippen LogP contribution in [0.15, 0.2) is 60.9 Å². The highest BCUT2D eigenvalue weighted by molar-refractivity contribution is 7.81. The summed E-state index contributed by atoms with van der Waals surface area (Å²) < 4.78 is 0. The van der Waals surface area contributed by atoms with Crippen LogP contribution in [0.3, 0.4) is 0 Å². The second-order valence-corrected chi connectivity index (χ2v) is 6.47. The van der Waals surface area contributed by atoms with Crippen molar-refractivity contribution in [3.63, 3.8) is 0 Å². The largest absolute Gasteiger partial charge is 0.359 e. The van der Waals surface area contributed by atoms with Crippen molar-refractivity contribution in [3.05, 3.63) is 72.1 Å². The first-order valence-electron chi connectivity index (χ1n) is 8.33. The minimum Gasteiger partial charge on any atom is -0.359 e. The van der Waals surface area contributed by atoms with Gasteiger partial charge in [0.15, 0.2) is 0 Å². The van der Waals surface area contributed by atoms with Gasteiger partial charge in [-0.15, -0.1) is 0 Å². The summed E-state index contributed by atoms with van der Waals surface area (Å²) in [5.74, 6) is 0.148. The van der Waals surface area contributed by atoms with Gasteiger partial charge in [0.1, 0.15) is 0 Å². The summed E-state index contributed by atoms with van der Waals surface area (Å²) in [6.07, 6.45) is 4.54. The Kier molecular flexibility index (Phi) is 4.38. The minimum absolute atomic E-state index is 0.0244. The molecule has 2 aromatic carbocycles. The zero-order valence-electron chi connectivity index (χ0n) is 13.6. The van der Waals surface area contributed by atoms with E-state index in [1.807, 2.05) is 42.7 Å². The molecule has 5 nitrogen and oxygen atoms in total. The van der Waals surface area contributed by atoms with E-state index in [9.17, 15) is 4.79 Å². The molecule has 2 aliphatic heterocycles. The van der Waals surface area contributed by atoms with Crippen LogP contribution in [-0.2, 0) is 4.79 Å². The van der Waals surface area contributed by atoms with Crippen LogP contribution in [0.1, 0.15) is 29.6 Å². The van der Waals surface area contributed by atoms with Crippen molar-refractivity contribution in [2.24, 2.45) is 0 Å². The molecule has 1 unspecified atom stereocenters. The van der Waals surface area contributed by atoms with Gasteiger partial charge in [-0.3, -0.25) is 9.80 Å². The van der Waals surface area contributed by atoms with Crippen LogP contribution in [0.25, 0.3) is 0 Å². The van der Waals surface area contributed by atoms with Crippen molar-refractivity contribution in [2.75, 3.05) is 16.4 Å². The standard InChI is InChI=1S/C19H20N4OS/c24-18(12-25)23-17(11-16(22-23)13-5-2-1-3-6-13)14-7-4-8-15-19(14)21-10-9-20-15/h1-10,16-17,20-22,25H,11-12H2/t16?,17-/m1/s1. The van der Waals surface area contributed by atoms with Crippen molar-refractivity contribution in [1.82, 2.24) is 10.4 Å². The lowest BCUT2D eigenvalue weighted by Gasteiger charge is -2.27. The molecule has 0 spiro atoms. The van der Waals surface area contributed by atoms with Gasteiger partial charge in [-0.2, -0.15) is 12.6 Å². The van der Waals surface area contributed by atoms with E-state index in [-0.39, 0.29) is 23.7 Å². The molecule has 0 radical (unpaired) electrons. The summed E-state index contributed by atoms with van der Waals surface area (Å²) in [4.78, 5) is 12.5. The zero-order valence-corrected chi connectivity index (χ0v) is 14.5. The molecule has 25 heavy (non-hydrogen) atoms. The maximum Gasteiger partial charge on any atom is 0.246 e. The fourth-order valence-corrected chi connectivity index (χ4v) is 3.66. The SMILES string of the molecule is O=C(CS)N1NC(c2ccccc2)C[C@@H]1c1cccc2c1NC=CN2. The molecule has 0 aliphatic carbocycles. The van der Waals surface area contributed by atoms with Crippen LogP contribution >= 0.6 is 12.6 Å². The van der Waals surface area contributed by atoms with Gasteiger partial charge in [0.05, 0.1) is 29.2 Å². The van der Waals surface area contributed by atoms with Gasteiger partial charge in [0.2, 0.25) is 5.91 Å². The number of fused-ring (bicyclic) bond motifs is 1. The third kappa shape index (κ3) is 2.99. The number of thiol groups is 1. The Morgan fingerprint density at radius 3 is 2.68 bits per heavy atom. The number of para-hydroxylation sites is 1. The number of benzene rings is 2. The number of carbonyl (C=O) groups is 1. The second kappa shape index (κ2) is 6.82. The maximum absolute atomic E-state index is 12.5. The lowest BCUT2D eigenvalue weighted by Crippen LogP contribution is -2.40.